The van der Waals surface area contributed by atoms with Crippen molar-refractivity contribution in [2.24, 2.45) is 0 Å². The molecule has 2 N–H and O–H groups in total. The molecule has 0 radical (unpaired) electrons. The van der Waals surface area contributed by atoms with E-state index in [1.807, 2.05) is 0 Å². The Labute approximate surface area is 129 Å². The summed E-state index contributed by atoms with van der Waals surface area (Å²) in [6.07, 6.45) is 2.17. The zero-order valence-corrected chi connectivity index (χ0v) is 12.0. The lowest BCUT2D eigenvalue weighted by atomic mass is 10.1. The zero-order chi connectivity index (χ0) is 16.4. The van der Waals surface area contributed by atoms with Crippen LogP contribution in [0.5, 0.6) is 5.75 Å². The van der Waals surface area contributed by atoms with Crippen LogP contribution in [0.15, 0.2) is 24.4 Å². The number of fused-ring (bicyclic) bond motifs is 1. The van der Waals surface area contributed by atoms with Gasteiger partial charge in [-0.2, -0.15) is 8.78 Å². The first-order valence-electron chi connectivity index (χ1n) is 7.08. The molecule has 1 saturated heterocycles. The Hall–Kier alpha value is -2.35. The van der Waals surface area contributed by atoms with Crippen LogP contribution in [-0.2, 0) is 0 Å². The van der Waals surface area contributed by atoms with Crippen LogP contribution in [0.25, 0.3) is 10.9 Å². The van der Waals surface area contributed by atoms with Crippen molar-refractivity contribution >= 4 is 16.8 Å². The van der Waals surface area contributed by atoms with Gasteiger partial charge in [0.05, 0.1) is 11.1 Å². The van der Waals surface area contributed by atoms with Crippen LogP contribution < -0.4 is 15.4 Å². The van der Waals surface area contributed by atoms with Gasteiger partial charge in [-0.25, -0.2) is 4.39 Å². The van der Waals surface area contributed by atoms with Gasteiger partial charge in [-0.1, -0.05) is 0 Å². The Balaban J connectivity index is 1.85. The first kappa shape index (κ1) is 15.5. The zero-order valence-electron chi connectivity index (χ0n) is 12.0. The van der Waals surface area contributed by atoms with E-state index in [9.17, 15) is 18.0 Å². The lowest BCUT2D eigenvalue weighted by molar-refractivity contribution is -0.0520. The van der Waals surface area contributed by atoms with E-state index in [2.05, 4.69) is 20.4 Å². The molecule has 1 aliphatic heterocycles. The third kappa shape index (κ3) is 3.53. The Bertz CT molecular complexity index is 733. The molecule has 1 aromatic heterocycles. The van der Waals surface area contributed by atoms with Crippen molar-refractivity contribution in [3.8, 4) is 5.75 Å². The summed E-state index contributed by atoms with van der Waals surface area (Å²) in [5.41, 5.74) is 0.549. The number of amides is 1. The highest BCUT2D eigenvalue weighted by atomic mass is 19.3. The number of benzene rings is 1. The number of carbonyl (C=O) groups is 1. The average Bonchev–Trinajstić information content (AvgIpc) is 3.00. The Morgan fingerprint density at radius 2 is 2.22 bits per heavy atom. The highest BCUT2D eigenvalue weighted by Crippen LogP contribution is 2.25. The highest BCUT2D eigenvalue weighted by molar-refractivity contribution is 5.97. The van der Waals surface area contributed by atoms with E-state index in [0.717, 1.165) is 25.1 Å². The van der Waals surface area contributed by atoms with E-state index in [-0.39, 0.29) is 23.0 Å². The summed E-state index contributed by atoms with van der Waals surface area (Å²) in [5, 5.41) is 6.32. The Kier molecular flexibility index (Phi) is 4.33. The minimum absolute atomic E-state index is 0.0525. The molecular weight excluding hydrogens is 311 g/mol. The van der Waals surface area contributed by atoms with Gasteiger partial charge in [-0.3, -0.25) is 9.78 Å². The van der Waals surface area contributed by atoms with Gasteiger partial charge in [0.15, 0.2) is 11.6 Å². The van der Waals surface area contributed by atoms with E-state index < -0.39 is 18.2 Å². The normalized spacial score (nSPS) is 17.7. The summed E-state index contributed by atoms with van der Waals surface area (Å²) in [5.74, 6) is -1.81. The minimum Gasteiger partial charge on any atom is -0.432 e. The first-order valence-corrected chi connectivity index (χ1v) is 7.08. The van der Waals surface area contributed by atoms with Crippen LogP contribution in [0.4, 0.5) is 13.2 Å². The number of halogens is 3. The standard InChI is InChI=1S/C15H14F3N3O2/c16-11-4-8-3-9(14(22)21-10-1-2-19-7-10)6-20-12(8)5-13(11)23-15(17)18/h3-6,10,15,19H,1-2,7H2,(H,21,22)/t10-/m0/s1. The molecule has 5 nitrogen and oxygen atoms in total. The Morgan fingerprint density at radius 1 is 1.39 bits per heavy atom. The lowest BCUT2D eigenvalue weighted by Crippen LogP contribution is -2.36. The highest BCUT2D eigenvalue weighted by Gasteiger charge is 2.18. The maximum Gasteiger partial charge on any atom is 0.387 e. The summed E-state index contributed by atoms with van der Waals surface area (Å²) in [6.45, 7) is -1.57. The number of nitrogens with one attached hydrogen (secondary N) is 2. The van der Waals surface area contributed by atoms with Crippen molar-refractivity contribution < 1.29 is 22.7 Å². The molecule has 0 aliphatic carbocycles. The molecule has 1 amide bonds. The molecule has 2 aromatic rings. The number of alkyl halides is 2. The summed E-state index contributed by atoms with van der Waals surface area (Å²) in [4.78, 5) is 16.2. The molecular formula is C15H14F3N3O2. The minimum atomic E-state index is -3.12. The fourth-order valence-corrected chi connectivity index (χ4v) is 2.49. The summed E-state index contributed by atoms with van der Waals surface area (Å²) in [7, 11) is 0. The number of carbonyl (C=O) groups excluding carboxylic acids is 1. The van der Waals surface area contributed by atoms with Gasteiger partial charge < -0.3 is 15.4 Å². The molecule has 1 fully saturated rings. The molecule has 1 aliphatic rings. The van der Waals surface area contributed by atoms with Crippen LogP contribution in [-0.4, -0.2) is 36.6 Å². The summed E-state index contributed by atoms with van der Waals surface area (Å²) < 4.78 is 42.2. The van der Waals surface area contributed by atoms with Crippen molar-refractivity contribution in [1.82, 2.24) is 15.6 Å². The maximum absolute atomic E-state index is 13.7. The number of rotatable bonds is 4. The number of ether oxygens (including phenoxy) is 1. The maximum atomic E-state index is 13.7. The van der Waals surface area contributed by atoms with Crippen molar-refractivity contribution in [1.29, 1.82) is 0 Å². The van der Waals surface area contributed by atoms with Gasteiger partial charge in [0.2, 0.25) is 0 Å². The third-order valence-corrected chi connectivity index (χ3v) is 3.61. The van der Waals surface area contributed by atoms with Crippen LogP contribution in [0, 0.1) is 5.82 Å². The number of hydrogen-bond acceptors (Lipinski definition) is 4. The predicted molar refractivity (Wildman–Crippen MR) is 77.1 cm³/mol. The average molecular weight is 325 g/mol. The monoisotopic (exact) mass is 325 g/mol. The predicted octanol–water partition coefficient (Wildman–Crippen LogP) is 2.07. The van der Waals surface area contributed by atoms with Crippen molar-refractivity contribution in [3.63, 3.8) is 0 Å². The van der Waals surface area contributed by atoms with E-state index in [0.29, 0.717) is 11.9 Å². The fourth-order valence-electron chi connectivity index (χ4n) is 2.49. The number of aromatic nitrogens is 1. The quantitative estimate of drug-likeness (QED) is 0.903. The molecule has 3 rings (SSSR count). The number of hydrogen-bond donors (Lipinski definition) is 2. The van der Waals surface area contributed by atoms with E-state index in [4.69, 9.17) is 0 Å². The van der Waals surface area contributed by atoms with Gasteiger partial charge in [-0.15, -0.1) is 0 Å². The van der Waals surface area contributed by atoms with Gasteiger partial charge in [0.1, 0.15) is 0 Å². The molecule has 0 saturated carbocycles. The third-order valence-electron chi connectivity index (χ3n) is 3.61. The second kappa shape index (κ2) is 6.41. The first-order chi connectivity index (χ1) is 11.0. The molecule has 23 heavy (non-hydrogen) atoms. The van der Waals surface area contributed by atoms with Crippen molar-refractivity contribution in [2.45, 2.75) is 19.1 Å². The van der Waals surface area contributed by atoms with Crippen LogP contribution >= 0.6 is 0 Å². The molecule has 122 valence electrons. The van der Waals surface area contributed by atoms with Gasteiger partial charge in [-0.05, 0) is 25.1 Å². The number of nitrogens with zero attached hydrogens (tertiary/aromatic N) is 1. The number of pyridine rings is 1. The summed E-state index contributed by atoms with van der Waals surface area (Å²) in [6, 6.07) is 3.62. The van der Waals surface area contributed by atoms with Gasteiger partial charge >= 0.3 is 6.61 Å². The van der Waals surface area contributed by atoms with Crippen molar-refractivity contribution in [2.75, 3.05) is 13.1 Å². The topological polar surface area (TPSA) is 63.2 Å². The summed E-state index contributed by atoms with van der Waals surface area (Å²) >= 11 is 0. The van der Waals surface area contributed by atoms with Crippen LogP contribution in [0.2, 0.25) is 0 Å². The van der Waals surface area contributed by atoms with E-state index in [1.165, 1.54) is 12.3 Å². The van der Waals surface area contributed by atoms with Crippen LogP contribution in [0.1, 0.15) is 16.8 Å². The SMILES string of the molecule is O=C(N[C@H]1CCNC1)c1cnc2cc(OC(F)F)c(F)cc2c1. The largest absolute Gasteiger partial charge is 0.432 e. The smallest absolute Gasteiger partial charge is 0.387 e. The lowest BCUT2D eigenvalue weighted by Gasteiger charge is -2.12. The molecule has 0 unspecified atom stereocenters. The molecule has 8 heteroatoms. The van der Waals surface area contributed by atoms with Crippen molar-refractivity contribution in [3.05, 3.63) is 35.8 Å². The van der Waals surface area contributed by atoms with E-state index in [1.54, 1.807) is 0 Å². The Morgan fingerprint density at radius 3 is 2.91 bits per heavy atom. The molecule has 1 aromatic carbocycles. The fraction of sp³-hybridized carbons (Fsp3) is 0.333. The van der Waals surface area contributed by atoms with E-state index >= 15 is 0 Å². The second-order valence-electron chi connectivity index (χ2n) is 5.24. The van der Waals surface area contributed by atoms with Gasteiger partial charge in [0.25, 0.3) is 5.91 Å². The molecule has 0 bridgehead atoms. The van der Waals surface area contributed by atoms with Gasteiger partial charge in [0, 0.05) is 30.2 Å². The molecule has 2 heterocycles. The molecule has 1 atom stereocenters. The molecule has 0 spiro atoms. The van der Waals surface area contributed by atoms with Crippen LogP contribution in [0.3, 0.4) is 0 Å². The second-order valence-corrected chi connectivity index (χ2v) is 5.24.